The van der Waals surface area contributed by atoms with Gasteiger partial charge in [0.2, 0.25) is 0 Å². The second-order valence-electron chi connectivity index (χ2n) is 5.23. The quantitative estimate of drug-likeness (QED) is 0.817. The van der Waals surface area contributed by atoms with Crippen LogP contribution in [0.2, 0.25) is 5.02 Å². The number of carbonyl (C=O) groups excluding carboxylic acids is 1. The van der Waals surface area contributed by atoms with Crippen molar-refractivity contribution in [2.24, 2.45) is 0 Å². The van der Waals surface area contributed by atoms with Crippen LogP contribution >= 0.6 is 11.6 Å². The fraction of sp³-hybridized carbons (Fsp3) is 0.500. The number of nitrogen functional groups attached to an aromatic ring is 1. The number of nitrogens with zero attached hydrogens (tertiary/aromatic N) is 1. The molecule has 1 aromatic rings. The average Bonchev–Trinajstić information content (AvgIpc) is 2.37. The summed E-state index contributed by atoms with van der Waals surface area (Å²) in [6.45, 7) is 3.17. The molecule has 4 nitrogen and oxygen atoms in total. The van der Waals surface area contributed by atoms with Crippen LogP contribution in [-0.2, 0) is 0 Å². The highest BCUT2D eigenvalue weighted by Gasteiger charge is 2.24. The van der Waals surface area contributed by atoms with Crippen molar-refractivity contribution in [1.82, 2.24) is 10.2 Å². The highest BCUT2D eigenvalue weighted by molar-refractivity contribution is 6.36. The molecule has 1 saturated heterocycles. The fourth-order valence-electron chi connectivity index (χ4n) is 2.41. The Balaban J connectivity index is 2.03. The first-order valence-electron chi connectivity index (χ1n) is 6.54. The van der Waals surface area contributed by atoms with Crippen molar-refractivity contribution in [3.63, 3.8) is 0 Å². The molecular formula is C14H20ClN3O. The Kier molecular flexibility index (Phi) is 4.32. The smallest absolute Gasteiger partial charge is 0.253 e. The van der Waals surface area contributed by atoms with E-state index < -0.39 is 0 Å². The number of benzene rings is 1. The van der Waals surface area contributed by atoms with Gasteiger partial charge in [0.05, 0.1) is 16.3 Å². The van der Waals surface area contributed by atoms with Gasteiger partial charge in [-0.1, -0.05) is 17.7 Å². The van der Waals surface area contributed by atoms with Gasteiger partial charge >= 0.3 is 0 Å². The number of piperidine rings is 1. The van der Waals surface area contributed by atoms with Crippen molar-refractivity contribution in [2.75, 3.05) is 19.3 Å². The normalized spacial score (nSPS) is 24.2. The Morgan fingerprint density at radius 3 is 2.95 bits per heavy atom. The summed E-state index contributed by atoms with van der Waals surface area (Å²) in [4.78, 5) is 14.5. The first-order chi connectivity index (χ1) is 8.99. The van der Waals surface area contributed by atoms with Gasteiger partial charge in [-0.05, 0) is 38.9 Å². The molecule has 0 aromatic heterocycles. The van der Waals surface area contributed by atoms with Gasteiger partial charge < -0.3 is 16.0 Å². The Morgan fingerprint density at radius 2 is 2.26 bits per heavy atom. The number of hydrogen-bond acceptors (Lipinski definition) is 3. The summed E-state index contributed by atoms with van der Waals surface area (Å²) in [6.07, 6.45) is 1.93. The number of likely N-dealkylation sites (tertiary alicyclic amines) is 1. The summed E-state index contributed by atoms with van der Waals surface area (Å²) in [5.41, 5.74) is 6.60. The molecule has 3 N–H and O–H groups in total. The molecule has 0 bridgehead atoms. The molecule has 2 atom stereocenters. The van der Waals surface area contributed by atoms with Gasteiger partial charge in [0.1, 0.15) is 0 Å². The number of carbonyl (C=O) groups is 1. The van der Waals surface area contributed by atoms with Crippen molar-refractivity contribution in [1.29, 1.82) is 0 Å². The molecule has 19 heavy (non-hydrogen) atoms. The molecule has 1 fully saturated rings. The Morgan fingerprint density at radius 1 is 1.53 bits per heavy atom. The highest BCUT2D eigenvalue weighted by atomic mass is 35.5. The number of amides is 1. The van der Waals surface area contributed by atoms with Crippen LogP contribution < -0.4 is 11.1 Å². The third-order valence-corrected chi connectivity index (χ3v) is 4.24. The van der Waals surface area contributed by atoms with Crippen molar-refractivity contribution >= 4 is 23.2 Å². The maximum Gasteiger partial charge on any atom is 0.253 e. The van der Waals surface area contributed by atoms with Crippen LogP contribution in [0.25, 0.3) is 0 Å². The highest BCUT2D eigenvalue weighted by Crippen LogP contribution is 2.23. The lowest BCUT2D eigenvalue weighted by Crippen LogP contribution is -2.47. The lowest BCUT2D eigenvalue weighted by atomic mass is 9.98. The van der Waals surface area contributed by atoms with E-state index in [1.165, 1.54) is 0 Å². The standard InChI is InChI=1S/C14H20ClN3O/c1-9-8-10(6-7-18(9)2)17-14(19)11-4-3-5-12(16)13(11)15/h3-5,9-10H,6-8,16H2,1-2H3,(H,17,19). The maximum absolute atomic E-state index is 12.2. The van der Waals surface area contributed by atoms with Gasteiger partial charge in [-0.3, -0.25) is 4.79 Å². The van der Waals surface area contributed by atoms with E-state index in [1.807, 2.05) is 0 Å². The van der Waals surface area contributed by atoms with Crippen LogP contribution in [0.3, 0.4) is 0 Å². The average molecular weight is 282 g/mol. The van der Waals surface area contributed by atoms with Crippen LogP contribution in [-0.4, -0.2) is 36.5 Å². The van der Waals surface area contributed by atoms with E-state index in [0.717, 1.165) is 19.4 Å². The van der Waals surface area contributed by atoms with E-state index >= 15 is 0 Å². The molecule has 1 amide bonds. The summed E-state index contributed by atoms with van der Waals surface area (Å²) in [5, 5.41) is 3.38. The summed E-state index contributed by atoms with van der Waals surface area (Å²) in [7, 11) is 2.11. The summed E-state index contributed by atoms with van der Waals surface area (Å²) in [6, 6.07) is 5.82. The van der Waals surface area contributed by atoms with E-state index in [2.05, 4.69) is 24.2 Å². The van der Waals surface area contributed by atoms with Crippen LogP contribution in [0.1, 0.15) is 30.1 Å². The summed E-state index contributed by atoms with van der Waals surface area (Å²) in [5.74, 6) is -0.140. The second kappa shape index (κ2) is 5.80. The molecule has 1 aliphatic rings. The van der Waals surface area contributed by atoms with Crippen molar-refractivity contribution < 1.29 is 4.79 Å². The van der Waals surface area contributed by atoms with Gasteiger partial charge in [-0.25, -0.2) is 0 Å². The molecule has 104 valence electrons. The number of halogens is 1. The first-order valence-corrected chi connectivity index (χ1v) is 6.92. The monoisotopic (exact) mass is 281 g/mol. The van der Waals surface area contributed by atoms with Crippen LogP contribution in [0.5, 0.6) is 0 Å². The molecule has 2 rings (SSSR count). The summed E-state index contributed by atoms with van der Waals surface area (Å²) < 4.78 is 0. The molecule has 1 heterocycles. The van der Waals surface area contributed by atoms with Crippen molar-refractivity contribution in [3.8, 4) is 0 Å². The Labute approximate surface area is 118 Å². The zero-order valence-electron chi connectivity index (χ0n) is 11.3. The van der Waals surface area contributed by atoms with Gasteiger partial charge in [-0.15, -0.1) is 0 Å². The number of nitrogens with one attached hydrogen (secondary N) is 1. The molecule has 1 aliphatic heterocycles. The molecule has 2 unspecified atom stereocenters. The molecule has 1 aromatic carbocycles. The van der Waals surface area contributed by atoms with E-state index in [9.17, 15) is 4.79 Å². The molecule has 0 spiro atoms. The third kappa shape index (κ3) is 3.19. The van der Waals surface area contributed by atoms with Gasteiger partial charge in [0, 0.05) is 18.6 Å². The molecule has 5 heteroatoms. The van der Waals surface area contributed by atoms with Crippen molar-refractivity contribution in [2.45, 2.75) is 31.8 Å². The molecule has 0 radical (unpaired) electrons. The maximum atomic E-state index is 12.2. The zero-order valence-corrected chi connectivity index (χ0v) is 12.1. The minimum Gasteiger partial charge on any atom is -0.398 e. The molecule has 0 saturated carbocycles. The predicted octanol–water partition coefficient (Wildman–Crippen LogP) is 2.13. The lowest BCUT2D eigenvalue weighted by molar-refractivity contribution is 0.0897. The SMILES string of the molecule is CC1CC(NC(=O)c2cccc(N)c2Cl)CCN1C. The van der Waals surface area contributed by atoms with Crippen LogP contribution in [0, 0.1) is 0 Å². The van der Waals surface area contributed by atoms with Gasteiger partial charge in [0.25, 0.3) is 5.91 Å². The number of nitrogens with two attached hydrogens (primary N) is 1. The Hall–Kier alpha value is -1.26. The largest absolute Gasteiger partial charge is 0.398 e. The third-order valence-electron chi connectivity index (χ3n) is 3.82. The van der Waals surface area contributed by atoms with Gasteiger partial charge in [-0.2, -0.15) is 0 Å². The van der Waals surface area contributed by atoms with E-state index in [0.29, 0.717) is 22.3 Å². The van der Waals surface area contributed by atoms with Gasteiger partial charge in [0.15, 0.2) is 0 Å². The number of hydrogen-bond donors (Lipinski definition) is 2. The predicted molar refractivity (Wildman–Crippen MR) is 78.4 cm³/mol. The first kappa shape index (κ1) is 14.2. The minimum absolute atomic E-state index is 0.140. The topological polar surface area (TPSA) is 58.4 Å². The lowest BCUT2D eigenvalue weighted by Gasteiger charge is -2.35. The van der Waals surface area contributed by atoms with Crippen molar-refractivity contribution in [3.05, 3.63) is 28.8 Å². The van der Waals surface area contributed by atoms with E-state index in [1.54, 1.807) is 18.2 Å². The van der Waals surface area contributed by atoms with Crippen LogP contribution in [0.15, 0.2) is 18.2 Å². The minimum atomic E-state index is -0.140. The zero-order chi connectivity index (χ0) is 14.0. The van der Waals surface area contributed by atoms with Crippen LogP contribution in [0.4, 0.5) is 5.69 Å². The fourth-order valence-corrected chi connectivity index (χ4v) is 2.62. The second-order valence-corrected chi connectivity index (χ2v) is 5.61. The Bertz CT molecular complexity index is 478. The van der Waals surface area contributed by atoms with E-state index in [4.69, 9.17) is 17.3 Å². The number of rotatable bonds is 2. The number of anilines is 1. The summed E-state index contributed by atoms with van der Waals surface area (Å²) >= 11 is 6.06. The molecular weight excluding hydrogens is 262 g/mol. The molecule has 0 aliphatic carbocycles. The van der Waals surface area contributed by atoms with E-state index in [-0.39, 0.29) is 11.9 Å².